The van der Waals surface area contributed by atoms with E-state index in [1.54, 1.807) is 4.31 Å². The molecule has 1 aliphatic heterocycles. The topological polar surface area (TPSA) is 40.6 Å². The molecule has 0 aromatic heterocycles. The van der Waals surface area contributed by atoms with Crippen LogP contribution in [0.15, 0.2) is 0 Å². The predicted octanol–water partition coefficient (Wildman–Crippen LogP) is 1.53. The highest BCUT2D eigenvalue weighted by atomic mass is 32.2. The second-order valence-electron chi connectivity index (χ2n) is 6.02. The number of piperidine rings is 1. The monoisotopic (exact) mass is 274 g/mol. The number of sulfonamides is 1. The summed E-state index contributed by atoms with van der Waals surface area (Å²) >= 11 is 0. The van der Waals surface area contributed by atoms with Gasteiger partial charge in [0, 0.05) is 19.1 Å². The molecule has 0 spiro atoms. The molecule has 0 amide bonds. The summed E-state index contributed by atoms with van der Waals surface area (Å²) in [4.78, 5) is 2.21. The van der Waals surface area contributed by atoms with Crippen molar-refractivity contribution in [3.05, 3.63) is 0 Å². The van der Waals surface area contributed by atoms with E-state index in [1.165, 1.54) is 12.8 Å². The number of hydrogen-bond donors (Lipinski definition) is 0. The highest BCUT2D eigenvalue weighted by molar-refractivity contribution is 7.89. The molecular weight excluding hydrogens is 248 g/mol. The van der Waals surface area contributed by atoms with Gasteiger partial charge in [0.25, 0.3) is 0 Å². The van der Waals surface area contributed by atoms with Crippen molar-refractivity contribution in [1.29, 1.82) is 0 Å². The quantitative estimate of drug-likeness (QED) is 0.780. The van der Waals surface area contributed by atoms with E-state index < -0.39 is 10.0 Å². The minimum absolute atomic E-state index is 0.389. The first-order valence-corrected chi connectivity index (χ1v) is 8.74. The van der Waals surface area contributed by atoms with Crippen molar-refractivity contribution in [2.24, 2.45) is 5.92 Å². The van der Waals surface area contributed by atoms with Gasteiger partial charge in [-0.15, -0.1) is 0 Å². The fourth-order valence-corrected chi connectivity index (χ4v) is 5.12. The Kier molecular flexibility index (Phi) is 4.67. The predicted molar refractivity (Wildman–Crippen MR) is 74.0 cm³/mol. The minimum atomic E-state index is -3.00. The zero-order valence-corrected chi connectivity index (χ0v) is 12.5. The third-order valence-corrected chi connectivity index (χ3v) is 6.51. The maximum Gasteiger partial charge on any atom is 0.214 e. The molecule has 0 radical (unpaired) electrons. The largest absolute Gasteiger partial charge is 0.306 e. The lowest BCUT2D eigenvalue weighted by molar-refractivity contribution is 0.196. The molecule has 2 rings (SSSR count). The minimum Gasteiger partial charge on any atom is -0.306 e. The van der Waals surface area contributed by atoms with Gasteiger partial charge in [0.1, 0.15) is 0 Å². The standard InChI is InChI=1S/C13H26N2O2S/c1-14(2)13-7-9-15(10-8-13)18(16,17)11-12-5-3-4-6-12/h12-13H,3-11H2,1-2H3. The van der Waals surface area contributed by atoms with Gasteiger partial charge in [-0.3, -0.25) is 0 Å². The molecule has 0 N–H and O–H groups in total. The summed E-state index contributed by atoms with van der Waals surface area (Å²) in [7, 11) is 1.15. The molecule has 1 heterocycles. The van der Waals surface area contributed by atoms with Crippen molar-refractivity contribution in [2.45, 2.75) is 44.6 Å². The SMILES string of the molecule is CN(C)C1CCN(S(=O)(=O)CC2CCCC2)CC1. The molecule has 1 saturated heterocycles. The van der Waals surface area contributed by atoms with Crippen LogP contribution in [0.5, 0.6) is 0 Å². The highest BCUT2D eigenvalue weighted by Crippen LogP contribution is 2.28. The molecule has 4 nitrogen and oxygen atoms in total. The van der Waals surface area contributed by atoms with E-state index in [1.807, 2.05) is 0 Å². The lowest BCUT2D eigenvalue weighted by Crippen LogP contribution is -2.45. The molecule has 5 heteroatoms. The van der Waals surface area contributed by atoms with E-state index in [9.17, 15) is 8.42 Å². The van der Waals surface area contributed by atoms with Crippen molar-refractivity contribution >= 4 is 10.0 Å². The lowest BCUT2D eigenvalue weighted by atomic mass is 10.1. The van der Waals surface area contributed by atoms with Crippen LogP contribution in [0.4, 0.5) is 0 Å². The summed E-state index contributed by atoms with van der Waals surface area (Å²) in [5, 5.41) is 0. The third-order valence-electron chi connectivity index (χ3n) is 4.47. The van der Waals surface area contributed by atoms with Crippen LogP contribution in [0.25, 0.3) is 0 Å². The fraction of sp³-hybridized carbons (Fsp3) is 1.00. The maximum absolute atomic E-state index is 12.3. The molecule has 2 aliphatic rings. The van der Waals surface area contributed by atoms with Crippen molar-refractivity contribution in [3.8, 4) is 0 Å². The summed E-state index contributed by atoms with van der Waals surface area (Å²) < 4.78 is 26.4. The van der Waals surface area contributed by atoms with Crippen molar-refractivity contribution < 1.29 is 8.42 Å². The second kappa shape index (κ2) is 5.88. The van der Waals surface area contributed by atoms with E-state index in [4.69, 9.17) is 0 Å². The molecule has 18 heavy (non-hydrogen) atoms. The Labute approximate surface area is 111 Å². The Morgan fingerprint density at radius 2 is 1.61 bits per heavy atom. The van der Waals surface area contributed by atoms with Gasteiger partial charge in [0.15, 0.2) is 0 Å². The smallest absolute Gasteiger partial charge is 0.214 e. The van der Waals surface area contributed by atoms with Crippen molar-refractivity contribution in [2.75, 3.05) is 32.9 Å². The van der Waals surface area contributed by atoms with Gasteiger partial charge < -0.3 is 4.90 Å². The highest BCUT2D eigenvalue weighted by Gasteiger charge is 2.31. The number of hydrogen-bond acceptors (Lipinski definition) is 3. The van der Waals surface area contributed by atoms with Crippen LogP contribution in [0.3, 0.4) is 0 Å². The van der Waals surface area contributed by atoms with Gasteiger partial charge in [0.2, 0.25) is 10.0 Å². The maximum atomic E-state index is 12.3. The van der Waals surface area contributed by atoms with Crippen LogP contribution < -0.4 is 0 Å². The van der Waals surface area contributed by atoms with Gasteiger partial charge in [-0.25, -0.2) is 12.7 Å². The Balaban J connectivity index is 1.87. The van der Waals surface area contributed by atoms with Crippen LogP contribution in [0.1, 0.15) is 38.5 Å². The average molecular weight is 274 g/mol. The summed E-state index contributed by atoms with van der Waals surface area (Å²) in [5.41, 5.74) is 0. The number of rotatable bonds is 4. The van der Waals surface area contributed by atoms with Gasteiger partial charge in [0.05, 0.1) is 5.75 Å². The summed E-state index contributed by atoms with van der Waals surface area (Å²) in [6, 6.07) is 0.544. The Bertz CT molecular complexity index is 353. The van der Waals surface area contributed by atoms with Crippen LogP contribution in [0, 0.1) is 5.92 Å². The summed E-state index contributed by atoms with van der Waals surface area (Å²) in [6.45, 7) is 1.41. The molecule has 0 aromatic carbocycles. The summed E-state index contributed by atoms with van der Waals surface area (Å²) in [5.74, 6) is 0.807. The van der Waals surface area contributed by atoms with Crippen molar-refractivity contribution in [1.82, 2.24) is 9.21 Å². The normalized spacial score (nSPS) is 25.1. The third kappa shape index (κ3) is 3.45. The van der Waals surface area contributed by atoms with Gasteiger partial charge in [-0.05, 0) is 45.7 Å². The lowest BCUT2D eigenvalue weighted by Gasteiger charge is -2.34. The second-order valence-corrected chi connectivity index (χ2v) is 8.04. The van der Waals surface area contributed by atoms with E-state index in [0.717, 1.165) is 25.7 Å². The average Bonchev–Trinajstić information content (AvgIpc) is 2.81. The first kappa shape index (κ1) is 14.3. The molecular formula is C13H26N2O2S. The van der Waals surface area contributed by atoms with Crippen LogP contribution in [-0.2, 0) is 10.0 Å². The fourth-order valence-electron chi connectivity index (χ4n) is 3.22. The van der Waals surface area contributed by atoms with Gasteiger partial charge in [-0.2, -0.15) is 0 Å². The first-order chi connectivity index (χ1) is 8.49. The van der Waals surface area contributed by atoms with Crippen molar-refractivity contribution in [3.63, 3.8) is 0 Å². The molecule has 0 unspecified atom stereocenters. The van der Waals surface area contributed by atoms with E-state index in [0.29, 0.717) is 30.8 Å². The van der Waals surface area contributed by atoms with Gasteiger partial charge in [-0.1, -0.05) is 12.8 Å². The van der Waals surface area contributed by atoms with Crippen LogP contribution in [-0.4, -0.2) is 56.6 Å². The summed E-state index contributed by atoms with van der Waals surface area (Å²) in [6.07, 6.45) is 6.57. The number of nitrogens with zero attached hydrogens (tertiary/aromatic N) is 2. The van der Waals surface area contributed by atoms with Crippen LogP contribution in [0.2, 0.25) is 0 Å². The van der Waals surface area contributed by atoms with Crippen LogP contribution >= 0.6 is 0 Å². The zero-order valence-electron chi connectivity index (χ0n) is 11.6. The Hall–Kier alpha value is -0.130. The molecule has 2 fully saturated rings. The van der Waals surface area contributed by atoms with E-state index in [2.05, 4.69) is 19.0 Å². The van der Waals surface area contributed by atoms with E-state index in [-0.39, 0.29) is 0 Å². The Morgan fingerprint density at radius 3 is 2.11 bits per heavy atom. The molecule has 0 bridgehead atoms. The van der Waals surface area contributed by atoms with E-state index >= 15 is 0 Å². The molecule has 0 atom stereocenters. The Morgan fingerprint density at radius 1 is 1.06 bits per heavy atom. The molecule has 0 aromatic rings. The molecule has 1 aliphatic carbocycles. The van der Waals surface area contributed by atoms with Gasteiger partial charge >= 0.3 is 0 Å². The first-order valence-electron chi connectivity index (χ1n) is 7.13. The molecule has 1 saturated carbocycles. The molecule has 106 valence electrons. The zero-order chi connectivity index (χ0) is 13.2.